The molecule has 3 rings (SSSR count). The second-order valence-corrected chi connectivity index (χ2v) is 9.30. The highest BCUT2D eigenvalue weighted by molar-refractivity contribution is 5.86. The summed E-state index contributed by atoms with van der Waals surface area (Å²) in [4.78, 5) is 15.1. The highest BCUT2D eigenvalue weighted by Crippen LogP contribution is 2.41. The van der Waals surface area contributed by atoms with Crippen molar-refractivity contribution in [1.82, 2.24) is 0 Å². The number of carbonyl (C=O) groups is 1. The van der Waals surface area contributed by atoms with Crippen molar-refractivity contribution in [1.29, 1.82) is 0 Å². The van der Waals surface area contributed by atoms with Gasteiger partial charge in [-0.1, -0.05) is 44.5 Å². The molecule has 0 radical (unpaired) electrons. The second-order valence-electron chi connectivity index (χ2n) is 9.30. The van der Waals surface area contributed by atoms with Crippen LogP contribution in [-0.2, 0) is 10.3 Å². The first-order chi connectivity index (χ1) is 15.9. The SMILES string of the molecule is CCC(C)c1ccc(C2(OC(=O)Nc3ccc(N(CC)CCO)cc3C)CCCCC2)cc1. The van der Waals surface area contributed by atoms with E-state index in [4.69, 9.17) is 4.74 Å². The van der Waals surface area contributed by atoms with Crippen LogP contribution >= 0.6 is 0 Å². The van der Waals surface area contributed by atoms with Crippen molar-refractivity contribution in [3.63, 3.8) is 0 Å². The molecule has 2 N–H and O–H groups in total. The number of nitrogens with zero attached hydrogens (tertiary/aromatic N) is 1. The van der Waals surface area contributed by atoms with E-state index in [9.17, 15) is 9.90 Å². The summed E-state index contributed by atoms with van der Waals surface area (Å²) in [7, 11) is 0. The van der Waals surface area contributed by atoms with Gasteiger partial charge in [0.1, 0.15) is 5.60 Å². The Hall–Kier alpha value is -2.53. The van der Waals surface area contributed by atoms with Crippen LogP contribution in [0, 0.1) is 6.92 Å². The highest BCUT2D eigenvalue weighted by Gasteiger charge is 2.38. The third-order valence-corrected chi connectivity index (χ3v) is 7.13. The molecule has 0 spiro atoms. The van der Waals surface area contributed by atoms with Crippen LogP contribution in [0.4, 0.5) is 16.2 Å². The van der Waals surface area contributed by atoms with Crippen LogP contribution in [0.15, 0.2) is 42.5 Å². The Morgan fingerprint density at radius 2 is 1.82 bits per heavy atom. The maximum absolute atomic E-state index is 13.0. The lowest BCUT2D eigenvalue weighted by molar-refractivity contribution is -0.0140. The third-order valence-electron chi connectivity index (χ3n) is 7.13. The molecular formula is C28H40N2O3. The summed E-state index contributed by atoms with van der Waals surface area (Å²) >= 11 is 0. The van der Waals surface area contributed by atoms with Crippen LogP contribution in [0.3, 0.4) is 0 Å². The van der Waals surface area contributed by atoms with Crippen molar-refractivity contribution in [3.8, 4) is 0 Å². The number of amides is 1. The fourth-order valence-corrected chi connectivity index (χ4v) is 4.81. The van der Waals surface area contributed by atoms with Gasteiger partial charge in [0, 0.05) is 24.5 Å². The lowest BCUT2D eigenvalue weighted by Crippen LogP contribution is -2.36. The van der Waals surface area contributed by atoms with Gasteiger partial charge in [0.05, 0.1) is 6.61 Å². The summed E-state index contributed by atoms with van der Waals surface area (Å²) in [5.41, 5.74) is 4.62. The van der Waals surface area contributed by atoms with Crippen LogP contribution < -0.4 is 10.2 Å². The van der Waals surface area contributed by atoms with Crippen molar-refractivity contribution in [3.05, 3.63) is 59.2 Å². The molecule has 0 aromatic heterocycles. The Morgan fingerprint density at radius 1 is 1.12 bits per heavy atom. The van der Waals surface area contributed by atoms with Crippen LogP contribution in [-0.4, -0.2) is 30.9 Å². The number of aryl methyl sites for hydroxylation is 1. The summed E-state index contributed by atoms with van der Waals surface area (Å²) in [6.45, 7) is 10.0. The van der Waals surface area contributed by atoms with Gasteiger partial charge in [0.25, 0.3) is 0 Å². The first kappa shape index (κ1) is 25.1. The maximum atomic E-state index is 13.0. The van der Waals surface area contributed by atoms with Gasteiger partial charge in [-0.3, -0.25) is 5.32 Å². The molecule has 1 fully saturated rings. The predicted octanol–water partition coefficient (Wildman–Crippen LogP) is 6.74. The van der Waals surface area contributed by atoms with Crippen molar-refractivity contribution >= 4 is 17.5 Å². The Morgan fingerprint density at radius 3 is 2.39 bits per heavy atom. The van der Waals surface area contributed by atoms with Crippen LogP contribution in [0.5, 0.6) is 0 Å². The number of hydrogen-bond donors (Lipinski definition) is 2. The number of hydrogen-bond acceptors (Lipinski definition) is 4. The van der Waals surface area contributed by atoms with E-state index in [0.29, 0.717) is 12.5 Å². The number of anilines is 2. The van der Waals surface area contributed by atoms with Gasteiger partial charge >= 0.3 is 6.09 Å². The number of nitrogens with one attached hydrogen (secondary N) is 1. The summed E-state index contributed by atoms with van der Waals surface area (Å²) < 4.78 is 6.19. The number of carbonyl (C=O) groups excluding carboxylic acids is 1. The van der Waals surface area contributed by atoms with Crippen molar-refractivity contribution in [2.75, 3.05) is 29.9 Å². The highest BCUT2D eigenvalue weighted by atomic mass is 16.6. The maximum Gasteiger partial charge on any atom is 0.412 e. The number of aliphatic hydroxyl groups excluding tert-OH is 1. The summed E-state index contributed by atoms with van der Waals surface area (Å²) in [5, 5.41) is 12.3. The predicted molar refractivity (Wildman–Crippen MR) is 136 cm³/mol. The molecule has 0 saturated heterocycles. The molecule has 0 aliphatic heterocycles. The molecule has 5 heteroatoms. The van der Waals surface area contributed by atoms with Crippen molar-refractivity contribution < 1.29 is 14.6 Å². The molecule has 180 valence electrons. The van der Waals surface area contributed by atoms with Gasteiger partial charge in [0.2, 0.25) is 0 Å². The Bertz CT molecular complexity index is 904. The molecule has 1 atom stereocenters. The normalized spacial score (nSPS) is 16.2. The number of benzene rings is 2. The van der Waals surface area contributed by atoms with E-state index in [0.717, 1.165) is 61.2 Å². The molecule has 1 aliphatic carbocycles. The van der Waals surface area contributed by atoms with E-state index < -0.39 is 11.7 Å². The fraction of sp³-hybridized carbons (Fsp3) is 0.536. The number of aliphatic hydroxyl groups is 1. The lowest BCUT2D eigenvalue weighted by Gasteiger charge is -2.37. The molecule has 5 nitrogen and oxygen atoms in total. The van der Waals surface area contributed by atoms with Gasteiger partial charge in [-0.2, -0.15) is 0 Å². The molecule has 1 aliphatic rings. The topological polar surface area (TPSA) is 61.8 Å². The lowest BCUT2D eigenvalue weighted by atomic mass is 9.79. The third kappa shape index (κ3) is 6.08. The van der Waals surface area contributed by atoms with Crippen LogP contribution in [0.25, 0.3) is 0 Å². The largest absolute Gasteiger partial charge is 0.438 e. The standard InChI is InChI=1S/C28H40N2O3/c1-5-21(3)23-10-12-24(13-11-23)28(16-8-7-9-17-28)33-27(32)29-26-15-14-25(20-22(26)4)30(6-2)18-19-31/h10-15,20-21,31H,5-9,16-19H2,1-4H3,(H,29,32). The number of likely N-dealkylation sites (N-methyl/N-ethyl adjacent to an activating group) is 1. The fourth-order valence-electron chi connectivity index (χ4n) is 4.81. The zero-order valence-electron chi connectivity index (χ0n) is 20.7. The van der Waals surface area contributed by atoms with Crippen molar-refractivity contribution in [2.24, 2.45) is 0 Å². The van der Waals surface area contributed by atoms with Crippen LogP contribution in [0.1, 0.15) is 81.9 Å². The van der Waals surface area contributed by atoms with Gasteiger partial charge in [-0.15, -0.1) is 0 Å². The molecule has 0 bridgehead atoms. The minimum Gasteiger partial charge on any atom is -0.438 e. The number of ether oxygens (including phenoxy) is 1. The van der Waals surface area contributed by atoms with E-state index in [1.54, 1.807) is 0 Å². The molecule has 1 amide bonds. The molecule has 1 unspecified atom stereocenters. The molecule has 0 heterocycles. The molecule has 33 heavy (non-hydrogen) atoms. The average molecular weight is 453 g/mol. The Balaban J connectivity index is 1.76. The van der Waals surface area contributed by atoms with Gasteiger partial charge in [-0.05, 0) is 86.8 Å². The summed E-state index contributed by atoms with van der Waals surface area (Å²) in [6.07, 6.45) is 5.72. The van der Waals surface area contributed by atoms with E-state index in [-0.39, 0.29) is 6.61 Å². The quantitative estimate of drug-likeness (QED) is 0.442. The van der Waals surface area contributed by atoms with E-state index in [1.807, 2.05) is 25.1 Å². The van der Waals surface area contributed by atoms with Gasteiger partial charge in [-0.25, -0.2) is 4.79 Å². The Kier molecular flexibility index (Phi) is 8.79. The molecular weight excluding hydrogens is 412 g/mol. The smallest absolute Gasteiger partial charge is 0.412 e. The van der Waals surface area contributed by atoms with Gasteiger partial charge in [0.15, 0.2) is 0 Å². The average Bonchev–Trinajstić information content (AvgIpc) is 2.84. The van der Waals surface area contributed by atoms with Crippen molar-refractivity contribution in [2.45, 2.75) is 77.7 Å². The van der Waals surface area contributed by atoms with E-state index >= 15 is 0 Å². The number of rotatable bonds is 9. The van der Waals surface area contributed by atoms with Gasteiger partial charge < -0.3 is 14.7 Å². The minimum absolute atomic E-state index is 0.111. The molecule has 1 saturated carbocycles. The first-order valence-electron chi connectivity index (χ1n) is 12.5. The first-order valence-corrected chi connectivity index (χ1v) is 12.5. The molecule has 2 aromatic carbocycles. The Labute approximate surface area is 199 Å². The van der Waals surface area contributed by atoms with E-state index in [1.165, 1.54) is 12.0 Å². The second kappa shape index (κ2) is 11.6. The zero-order valence-corrected chi connectivity index (χ0v) is 20.7. The van der Waals surface area contributed by atoms with Crippen LogP contribution in [0.2, 0.25) is 0 Å². The minimum atomic E-state index is -0.565. The summed E-state index contributed by atoms with van der Waals surface area (Å²) in [5.74, 6) is 0.525. The monoisotopic (exact) mass is 452 g/mol. The zero-order chi connectivity index (χ0) is 23.8. The molecule has 2 aromatic rings. The van der Waals surface area contributed by atoms with E-state index in [2.05, 4.69) is 55.3 Å². The summed E-state index contributed by atoms with van der Waals surface area (Å²) in [6, 6.07) is 14.6.